The van der Waals surface area contributed by atoms with Crippen LogP contribution in [0.1, 0.15) is 51.4 Å². The average Bonchev–Trinajstić information content (AvgIpc) is 2.40. The maximum atomic E-state index is 12.3. The van der Waals surface area contributed by atoms with Crippen molar-refractivity contribution in [2.75, 3.05) is 5.75 Å². The van der Waals surface area contributed by atoms with Crippen molar-refractivity contribution >= 4 is 34.9 Å². The summed E-state index contributed by atoms with van der Waals surface area (Å²) in [5.41, 5.74) is 5.49. The van der Waals surface area contributed by atoms with Gasteiger partial charge >= 0.3 is 0 Å². The molecule has 1 aliphatic heterocycles. The molecule has 0 aromatic carbocycles. The summed E-state index contributed by atoms with van der Waals surface area (Å²) in [5, 5.41) is 3.28. The highest BCUT2D eigenvalue weighted by atomic mass is 32.2. The van der Waals surface area contributed by atoms with E-state index in [9.17, 15) is 4.79 Å². The number of rotatable bonds is 3. The van der Waals surface area contributed by atoms with Gasteiger partial charge in [-0.3, -0.25) is 4.79 Å². The predicted octanol–water partition coefficient (Wildman–Crippen LogP) is 2.38. The summed E-state index contributed by atoms with van der Waals surface area (Å²) in [6.07, 6.45) is 8.63. The third-order valence-electron chi connectivity index (χ3n) is 4.01. The Balaban J connectivity index is 1.99. The number of amides is 1. The Morgan fingerprint density at radius 1 is 1.22 bits per heavy atom. The molecule has 0 aromatic heterocycles. The monoisotopic (exact) mass is 286 g/mol. The summed E-state index contributed by atoms with van der Waals surface area (Å²) < 4.78 is 0. The van der Waals surface area contributed by atoms with Crippen LogP contribution in [-0.2, 0) is 4.79 Å². The Hall–Kier alpha value is -0.290. The largest absolute Gasteiger partial charge is 0.391 e. The summed E-state index contributed by atoms with van der Waals surface area (Å²) in [7, 11) is 0. The average molecular weight is 286 g/mol. The quantitative estimate of drug-likeness (QED) is 0.782. The van der Waals surface area contributed by atoms with E-state index in [1.807, 2.05) is 0 Å². The lowest BCUT2D eigenvalue weighted by molar-refractivity contribution is -0.122. The minimum absolute atomic E-state index is 0.104. The van der Waals surface area contributed by atoms with Crippen molar-refractivity contribution in [1.82, 2.24) is 5.32 Å². The second kappa shape index (κ2) is 6.24. The molecule has 1 atom stereocenters. The Kier molecular flexibility index (Phi) is 4.90. The van der Waals surface area contributed by atoms with Gasteiger partial charge in [0, 0.05) is 0 Å². The smallest absolute Gasteiger partial charge is 0.233 e. The molecular formula is C13H22N2OS2. The van der Waals surface area contributed by atoms with E-state index in [1.165, 1.54) is 12.8 Å². The van der Waals surface area contributed by atoms with E-state index in [0.29, 0.717) is 4.99 Å². The highest BCUT2D eigenvalue weighted by Gasteiger charge is 2.38. The van der Waals surface area contributed by atoms with Gasteiger partial charge in [-0.05, 0) is 31.4 Å². The molecule has 3 N–H and O–H groups in total. The molecule has 0 bridgehead atoms. The molecule has 1 aliphatic carbocycles. The fraction of sp³-hybridized carbons (Fsp3) is 0.846. The number of nitrogens with one attached hydrogen (secondary N) is 1. The first-order valence-corrected chi connectivity index (χ1v) is 8.33. The molecule has 2 fully saturated rings. The number of hydrogen-bond donors (Lipinski definition) is 2. The van der Waals surface area contributed by atoms with Crippen molar-refractivity contribution in [3.63, 3.8) is 0 Å². The second-order valence-corrected chi connectivity index (χ2v) is 7.10. The van der Waals surface area contributed by atoms with Crippen LogP contribution in [-0.4, -0.2) is 27.4 Å². The van der Waals surface area contributed by atoms with Crippen molar-refractivity contribution in [2.24, 2.45) is 5.73 Å². The zero-order valence-electron chi connectivity index (χ0n) is 10.7. The number of nitrogens with two attached hydrogens (primary N) is 1. The van der Waals surface area contributed by atoms with Crippen molar-refractivity contribution in [3.8, 4) is 0 Å². The molecule has 1 saturated heterocycles. The Labute approximate surface area is 119 Å². The Morgan fingerprint density at radius 2 is 1.94 bits per heavy atom. The van der Waals surface area contributed by atoms with E-state index in [1.54, 1.807) is 11.8 Å². The Bertz CT molecular complexity index is 321. The minimum Gasteiger partial charge on any atom is -0.391 e. The molecule has 3 nitrogen and oxygen atoms in total. The van der Waals surface area contributed by atoms with Crippen molar-refractivity contribution < 1.29 is 4.79 Å². The van der Waals surface area contributed by atoms with Crippen molar-refractivity contribution in [3.05, 3.63) is 0 Å². The lowest BCUT2D eigenvalue weighted by Gasteiger charge is -2.38. The topological polar surface area (TPSA) is 55.1 Å². The molecule has 2 aliphatic rings. The van der Waals surface area contributed by atoms with Gasteiger partial charge in [0.25, 0.3) is 0 Å². The van der Waals surface area contributed by atoms with E-state index in [4.69, 9.17) is 18.0 Å². The van der Waals surface area contributed by atoms with Gasteiger partial charge in [0.05, 0.1) is 15.8 Å². The number of thiocarbonyl (C=S) groups is 1. The van der Waals surface area contributed by atoms with E-state index >= 15 is 0 Å². The second-order valence-electron chi connectivity index (χ2n) is 5.35. The van der Waals surface area contributed by atoms with Gasteiger partial charge in [0.1, 0.15) is 0 Å². The highest BCUT2D eigenvalue weighted by Crippen LogP contribution is 2.31. The SMILES string of the molecule is NC(=S)C1(NC(=O)C2CCCCS2)CCCCC1. The minimum atomic E-state index is -0.400. The first-order chi connectivity index (χ1) is 8.64. The molecule has 0 spiro atoms. The van der Waals surface area contributed by atoms with Crippen LogP contribution in [0.25, 0.3) is 0 Å². The number of hydrogen-bond acceptors (Lipinski definition) is 3. The molecule has 102 valence electrons. The normalized spacial score (nSPS) is 27.4. The summed E-state index contributed by atoms with van der Waals surface area (Å²) in [6.45, 7) is 0. The third-order valence-corrected chi connectivity index (χ3v) is 5.78. The van der Waals surface area contributed by atoms with Gasteiger partial charge in [-0.2, -0.15) is 0 Å². The molecule has 2 rings (SSSR count). The molecule has 18 heavy (non-hydrogen) atoms. The first kappa shape index (κ1) is 14.1. The Morgan fingerprint density at radius 3 is 2.50 bits per heavy atom. The number of thioether (sulfide) groups is 1. The molecule has 0 radical (unpaired) electrons. The van der Waals surface area contributed by atoms with Gasteiger partial charge < -0.3 is 11.1 Å². The lowest BCUT2D eigenvalue weighted by atomic mass is 9.81. The van der Waals surface area contributed by atoms with Gasteiger partial charge in [-0.1, -0.05) is 37.9 Å². The third kappa shape index (κ3) is 3.18. The molecule has 5 heteroatoms. The van der Waals surface area contributed by atoms with Crippen LogP contribution in [0, 0.1) is 0 Å². The predicted molar refractivity (Wildman–Crippen MR) is 80.8 cm³/mol. The molecular weight excluding hydrogens is 264 g/mol. The van der Waals surface area contributed by atoms with Crippen molar-refractivity contribution in [1.29, 1.82) is 0 Å². The van der Waals surface area contributed by atoms with Gasteiger partial charge in [-0.15, -0.1) is 11.8 Å². The van der Waals surface area contributed by atoms with Gasteiger partial charge in [0.15, 0.2) is 0 Å². The van der Waals surface area contributed by atoms with Crippen LogP contribution in [0.4, 0.5) is 0 Å². The highest BCUT2D eigenvalue weighted by molar-refractivity contribution is 8.00. The summed E-state index contributed by atoms with van der Waals surface area (Å²) in [6, 6.07) is 0. The summed E-state index contributed by atoms with van der Waals surface area (Å²) >= 11 is 6.98. The van der Waals surface area contributed by atoms with Gasteiger partial charge in [-0.25, -0.2) is 0 Å². The molecule has 1 amide bonds. The van der Waals surface area contributed by atoms with E-state index in [2.05, 4.69) is 5.32 Å². The maximum absolute atomic E-state index is 12.3. The number of carbonyl (C=O) groups is 1. The molecule has 1 saturated carbocycles. The van der Waals surface area contributed by atoms with Crippen LogP contribution < -0.4 is 11.1 Å². The van der Waals surface area contributed by atoms with Gasteiger partial charge in [0.2, 0.25) is 5.91 Å². The van der Waals surface area contributed by atoms with E-state index < -0.39 is 5.54 Å². The van der Waals surface area contributed by atoms with Crippen LogP contribution in [0.15, 0.2) is 0 Å². The fourth-order valence-electron chi connectivity index (χ4n) is 2.85. The van der Waals surface area contributed by atoms with Crippen molar-refractivity contribution in [2.45, 2.75) is 62.2 Å². The van der Waals surface area contributed by atoms with E-state index in [-0.39, 0.29) is 11.2 Å². The molecule has 1 heterocycles. The maximum Gasteiger partial charge on any atom is 0.233 e. The summed E-state index contributed by atoms with van der Waals surface area (Å²) in [5.74, 6) is 1.24. The van der Waals surface area contributed by atoms with Crippen LogP contribution in [0.2, 0.25) is 0 Å². The number of carbonyl (C=O) groups excluding carboxylic acids is 1. The molecule has 0 aromatic rings. The fourth-order valence-corrected chi connectivity index (χ4v) is 4.31. The standard InChI is InChI=1S/C13H22N2OS2/c14-12(17)13(7-3-1-4-8-13)15-11(16)10-6-2-5-9-18-10/h10H,1-9H2,(H2,14,17)(H,15,16). The van der Waals surface area contributed by atoms with Crippen LogP contribution in [0.3, 0.4) is 0 Å². The van der Waals surface area contributed by atoms with E-state index in [0.717, 1.165) is 44.3 Å². The first-order valence-electron chi connectivity index (χ1n) is 6.88. The van der Waals surface area contributed by atoms with Crippen LogP contribution in [0.5, 0.6) is 0 Å². The summed E-state index contributed by atoms with van der Waals surface area (Å²) in [4.78, 5) is 12.8. The lowest BCUT2D eigenvalue weighted by Crippen LogP contribution is -2.59. The molecule has 1 unspecified atom stereocenters. The zero-order valence-corrected chi connectivity index (χ0v) is 12.4. The van der Waals surface area contributed by atoms with Crippen LogP contribution >= 0.6 is 24.0 Å². The zero-order chi connectivity index (χ0) is 13.0.